The number of rotatable bonds is 8. The molecular weight excluding hydrogens is 486 g/mol. The third-order valence-electron chi connectivity index (χ3n) is 3.62. The van der Waals surface area contributed by atoms with E-state index >= 15 is 0 Å². The number of hydrogen-bond donors (Lipinski definition) is 2. The molecule has 0 aromatic heterocycles. The normalized spacial score (nSPS) is 11.0. The van der Waals surface area contributed by atoms with E-state index in [-0.39, 0.29) is 48.6 Å². The quantitative estimate of drug-likeness (QED) is 0.317. The summed E-state index contributed by atoms with van der Waals surface area (Å²) in [4.78, 5) is 4.38. The average Bonchev–Trinajstić information content (AvgIpc) is 2.64. The van der Waals surface area contributed by atoms with Crippen LogP contribution in [0, 0.1) is 5.82 Å². The van der Waals surface area contributed by atoms with Gasteiger partial charge in [0, 0.05) is 18.7 Å². The average molecular weight is 509 g/mol. The van der Waals surface area contributed by atoms with Crippen molar-refractivity contribution in [2.45, 2.75) is 26.6 Å². The van der Waals surface area contributed by atoms with Crippen LogP contribution in [0.4, 0.5) is 13.2 Å². The van der Waals surface area contributed by atoms with E-state index in [1.807, 2.05) is 6.92 Å². The van der Waals surface area contributed by atoms with Crippen LogP contribution in [0.2, 0.25) is 0 Å². The van der Waals surface area contributed by atoms with Crippen LogP contribution in [0.3, 0.4) is 0 Å². The summed E-state index contributed by atoms with van der Waals surface area (Å²) >= 11 is 0. The zero-order valence-electron chi connectivity index (χ0n) is 15.5. The lowest BCUT2D eigenvalue weighted by atomic mass is 10.2. The van der Waals surface area contributed by atoms with Gasteiger partial charge in [-0.15, -0.1) is 24.0 Å². The molecule has 0 aliphatic heterocycles. The SMILES string of the molecule is CCNC(=NCc1ccc(OC)c(F)c1)NCc1ccccc1OC(F)F.I. The standard InChI is InChI=1S/C19H22F3N3O2.HI/c1-3-23-19(24-11-13-8-9-17(26-2)15(20)10-13)25-12-14-6-4-5-7-16(14)27-18(21)22;/h4-10,18H,3,11-12H2,1-2H3,(H2,23,24,25);1H. The molecule has 2 aromatic rings. The fourth-order valence-corrected chi connectivity index (χ4v) is 2.36. The first kappa shape index (κ1) is 23.9. The van der Waals surface area contributed by atoms with Crippen LogP contribution in [0.5, 0.6) is 11.5 Å². The van der Waals surface area contributed by atoms with E-state index in [4.69, 9.17) is 4.74 Å². The summed E-state index contributed by atoms with van der Waals surface area (Å²) in [5, 5.41) is 6.11. The molecule has 0 bridgehead atoms. The molecule has 154 valence electrons. The highest BCUT2D eigenvalue weighted by Crippen LogP contribution is 2.20. The van der Waals surface area contributed by atoms with Crippen LogP contribution >= 0.6 is 24.0 Å². The number of nitrogens with one attached hydrogen (secondary N) is 2. The number of hydrogen-bond acceptors (Lipinski definition) is 3. The Kier molecular flexibility index (Phi) is 10.5. The van der Waals surface area contributed by atoms with E-state index in [2.05, 4.69) is 20.4 Å². The molecule has 9 heteroatoms. The maximum atomic E-state index is 13.8. The summed E-state index contributed by atoms with van der Waals surface area (Å²) in [7, 11) is 1.40. The van der Waals surface area contributed by atoms with Gasteiger partial charge in [-0.1, -0.05) is 24.3 Å². The first-order valence-electron chi connectivity index (χ1n) is 8.40. The molecule has 0 atom stereocenters. The Hall–Kier alpha value is -2.17. The van der Waals surface area contributed by atoms with Crippen LogP contribution in [0.25, 0.3) is 0 Å². The highest BCUT2D eigenvalue weighted by molar-refractivity contribution is 14.0. The molecule has 0 radical (unpaired) electrons. The number of benzene rings is 2. The largest absolute Gasteiger partial charge is 0.494 e. The summed E-state index contributed by atoms with van der Waals surface area (Å²) in [5.74, 6) is 0.290. The fourth-order valence-electron chi connectivity index (χ4n) is 2.36. The number of ether oxygens (including phenoxy) is 2. The van der Waals surface area contributed by atoms with Gasteiger partial charge in [-0.3, -0.25) is 0 Å². The molecule has 0 spiro atoms. The summed E-state index contributed by atoms with van der Waals surface area (Å²) in [6.45, 7) is 0.103. The zero-order chi connectivity index (χ0) is 19.6. The van der Waals surface area contributed by atoms with E-state index in [1.165, 1.54) is 19.2 Å². The third kappa shape index (κ3) is 7.45. The summed E-state index contributed by atoms with van der Waals surface area (Å²) in [6.07, 6.45) is 0. The van der Waals surface area contributed by atoms with Gasteiger partial charge in [0.05, 0.1) is 13.7 Å². The van der Waals surface area contributed by atoms with Crippen molar-refractivity contribution in [1.82, 2.24) is 10.6 Å². The maximum absolute atomic E-state index is 13.8. The third-order valence-corrected chi connectivity index (χ3v) is 3.62. The van der Waals surface area contributed by atoms with Crippen molar-refractivity contribution in [2.24, 2.45) is 4.99 Å². The number of halogens is 4. The van der Waals surface area contributed by atoms with E-state index in [9.17, 15) is 13.2 Å². The van der Waals surface area contributed by atoms with Crippen LogP contribution in [0.15, 0.2) is 47.5 Å². The molecule has 5 nitrogen and oxygen atoms in total. The lowest BCUT2D eigenvalue weighted by molar-refractivity contribution is -0.0504. The second kappa shape index (κ2) is 12.3. The molecule has 0 aliphatic rings. The van der Waals surface area contributed by atoms with Crippen molar-refractivity contribution in [2.75, 3.05) is 13.7 Å². The molecule has 0 saturated carbocycles. The van der Waals surface area contributed by atoms with Crippen LogP contribution < -0.4 is 20.1 Å². The number of methoxy groups -OCH3 is 1. The Morgan fingerprint density at radius 1 is 1.11 bits per heavy atom. The van der Waals surface area contributed by atoms with Crippen molar-refractivity contribution >= 4 is 29.9 Å². The van der Waals surface area contributed by atoms with Gasteiger partial charge in [-0.2, -0.15) is 8.78 Å². The molecule has 2 N–H and O–H groups in total. The second-order valence-electron chi connectivity index (χ2n) is 5.50. The molecule has 0 aliphatic carbocycles. The topological polar surface area (TPSA) is 54.9 Å². The van der Waals surface area contributed by atoms with Crippen molar-refractivity contribution in [1.29, 1.82) is 0 Å². The first-order chi connectivity index (χ1) is 13.0. The summed E-state index contributed by atoms with van der Waals surface area (Å²) in [5.41, 5.74) is 1.24. The maximum Gasteiger partial charge on any atom is 0.387 e. The molecule has 2 aromatic carbocycles. The van der Waals surface area contributed by atoms with Crippen LogP contribution in [-0.2, 0) is 13.1 Å². The van der Waals surface area contributed by atoms with Gasteiger partial charge in [0.1, 0.15) is 5.75 Å². The van der Waals surface area contributed by atoms with Gasteiger partial charge in [0.2, 0.25) is 0 Å². The Morgan fingerprint density at radius 3 is 2.50 bits per heavy atom. The Bertz CT molecular complexity index is 776. The van der Waals surface area contributed by atoms with Crippen LogP contribution in [-0.4, -0.2) is 26.2 Å². The van der Waals surface area contributed by atoms with Gasteiger partial charge in [-0.05, 0) is 30.7 Å². The Morgan fingerprint density at radius 2 is 1.86 bits per heavy atom. The van der Waals surface area contributed by atoms with Gasteiger partial charge < -0.3 is 20.1 Å². The number of aliphatic imine (C=N–C) groups is 1. The molecule has 0 saturated heterocycles. The minimum absolute atomic E-state index is 0. The molecule has 0 heterocycles. The van der Waals surface area contributed by atoms with Crippen molar-refractivity contribution in [3.63, 3.8) is 0 Å². The van der Waals surface area contributed by atoms with Gasteiger partial charge in [0.15, 0.2) is 17.5 Å². The summed E-state index contributed by atoms with van der Waals surface area (Å²) in [6, 6.07) is 11.1. The number of nitrogens with zero attached hydrogens (tertiary/aromatic N) is 1. The Labute approximate surface area is 179 Å². The van der Waals surface area contributed by atoms with Crippen LogP contribution in [0.1, 0.15) is 18.1 Å². The lowest BCUT2D eigenvalue weighted by Crippen LogP contribution is -2.36. The van der Waals surface area contributed by atoms with Gasteiger partial charge in [-0.25, -0.2) is 9.38 Å². The van der Waals surface area contributed by atoms with E-state index in [1.54, 1.807) is 30.3 Å². The smallest absolute Gasteiger partial charge is 0.387 e. The van der Waals surface area contributed by atoms with Gasteiger partial charge >= 0.3 is 6.61 Å². The molecular formula is C19H23F3IN3O2. The molecule has 0 fully saturated rings. The predicted octanol–water partition coefficient (Wildman–Crippen LogP) is 4.31. The predicted molar refractivity (Wildman–Crippen MR) is 113 cm³/mol. The van der Waals surface area contributed by atoms with Crippen molar-refractivity contribution in [3.8, 4) is 11.5 Å². The zero-order valence-corrected chi connectivity index (χ0v) is 17.9. The number of para-hydroxylation sites is 1. The fraction of sp³-hybridized carbons (Fsp3) is 0.316. The highest BCUT2D eigenvalue weighted by Gasteiger charge is 2.09. The molecule has 28 heavy (non-hydrogen) atoms. The van der Waals surface area contributed by atoms with Gasteiger partial charge in [0.25, 0.3) is 0 Å². The first-order valence-corrected chi connectivity index (χ1v) is 8.40. The van der Waals surface area contributed by atoms with E-state index in [0.717, 1.165) is 0 Å². The summed E-state index contributed by atoms with van der Waals surface area (Å²) < 4.78 is 48.2. The molecule has 0 amide bonds. The second-order valence-corrected chi connectivity index (χ2v) is 5.50. The van der Waals surface area contributed by atoms with E-state index in [0.29, 0.717) is 23.6 Å². The molecule has 0 unspecified atom stereocenters. The van der Waals surface area contributed by atoms with E-state index < -0.39 is 12.4 Å². The number of guanidine groups is 1. The highest BCUT2D eigenvalue weighted by atomic mass is 127. The van der Waals surface area contributed by atoms with Crippen molar-refractivity contribution < 1.29 is 22.6 Å². The monoisotopic (exact) mass is 509 g/mol. The molecule has 2 rings (SSSR count). The lowest BCUT2D eigenvalue weighted by Gasteiger charge is -2.14. The minimum atomic E-state index is -2.89. The van der Waals surface area contributed by atoms with Crippen molar-refractivity contribution in [3.05, 3.63) is 59.4 Å². The Balaban J connectivity index is 0.00000392. The number of alkyl halides is 2. The minimum Gasteiger partial charge on any atom is -0.494 e.